The Kier molecular flexibility index (Phi) is 9.17. The smallest absolute Gasteiger partial charge is 0.326 e. The van der Waals surface area contributed by atoms with Crippen LogP contribution >= 0.6 is 0 Å². The van der Waals surface area contributed by atoms with Gasteiger partial charge in [0.25, 0.3) is 0 Å². The predicted molar refractivity (Wildman–Crippen MR) is 159 cm³/mol. The Morgan fingerprint density at radius 3 is 2.21 bits per heavy atom. The van der Waals surface area contributed by atoms with Crippen molar-refractivity contribution < 1.29 is 24.3 Å². The molecule has 0 spiro atoms. The highest BCUT2D eigenvalue weighted by Crippen LogP contribution is 2.26. The molecule has 42 heavy (non-hydrogen) atoms. The SMILES string of the molecule is NC(CC(=O)NC(Cc1ccc2ccccc2c1)C(=O)N1CCCC1C(=O)N1CCCC1C(=O)O)Cc1ccccc1. The van der Waals surface area contributed by atoms with E-state index in [9.17, 15) is 24.3 Å². The van der Waals surface area contributed by atoms with Crippen LogP contribution in [-0.2, 0) is 32.0 Å². The van der Waals surface area contributed by atoms with Gasteiger partial charge in [-0.05, 0) is 54.0 Å². The lowest BCUT2D eigenvalue weighted by atomic mass is 9.99. The predicted octanol–water partition coefficient (Wildman–Crippen LogP) is 2.89. The van der Waals surface area contributed by atoms with Crippen molar-refractivity contribution in [3.8, 4) is 0 Å². The molecule has 0 bridgehead atoms. The molecule has 220 valence electrons. The number of amides is 3. The van der Waals surface area contributed by atoms with Gasteiger partial charge in [0.15, 0.2) is 0 Å². The van der Waals surface area contributed by atoms with E-state index in [-0.39, 0.29) is 30.6 Å². The summed E-state index contributed by atoms with van der Waals surface area (Å²) in [6.07, 6.45) is 2.95. The van der Waals surface area contributed by atoms with Crippen molar-refractivity contribution >= 4 is 34.5 Å². The van der Waals surface area contributed by atoms with Crippen LogP contribution in [0.1, 0.15) is 43.2 Å². The number of fused-ring (bicyclic) bond motifs is 1. The number of benzene rings is 3. The summed E-state index contributed by atoms with van der Waals surface area (Å²) in [5.41, 5.74) is 8.22. The number of carboxylic acid groups (broad SMARTS) is 1. The number of nitrogens with two attached hydrogens (primary N) is 1. The topological polar surface area (TPSA) is 133 Å². The van der Waals surface area contributed by atoms with Gasteiger partial charge < -0.3 is 26.0 Å². The summed E-state index contributed by atoms with van der Waals surface area (Å²) >= 11 is 0. The van der Waals surface area contributed by atoms with Crippen LogP contribution in [0.2, 0.25) is 0 Å². The molecular weight excluding hydrogens is 532 g/mol. The first-order valence-corrected chi connectivity index (χ1v) is 14.7. The minimum atomic E-state index is -1.02. The molecule has 3 aromatic rings. The lowest BCUT2D eigenvalue weighted by Crippen LogP contribution is -2.56. The zero-order valence-corrected chi connectivity index (χ0v) is 23.7. The van der Waals surface area contributed by atoms with Crippen LogP contribution in [0.25, 0.3) is 10.8 Å². The Morgan fingerprint density at radius 2 is 1.48 bits per heavy atom. The Balaban J connectivity index is 1.34. The monoisotopic (exact) mass is 570 g/mol. The van der Waals surface area contributed by atoms with Crippen molar-refractivity contribution in [3.05, 3.63) is 83.9 Å². The average Bonchev–Trinajstić information content (AvgIpc) is 3.67. The summed E-state index contributed by atoms with van der Waals surface area (Å²) < 4.78 is 0. The van der Waals surface area contributed by atoms with E-state index in [1.54, 1.807) is 0 Å². The normalized spacial score (nSPS) is 19.9. The van der Waals surface area contributed by atoms with Crippen molar-refractivity contribution in [3.63, 3.8) is 0 Å². The third-order valence-corrected chi connectivity index (χ3v) is 8.32. The number of hydrogen-bond acceptors (Lipinski definition) is 5. The van der Waals surface area contributed by atoms with E-state index in [2.05, 4.69) is 5.32 Å². The van der Waals surface area contributed by atoms with Gasteiger partial charge in [0.05, 0.1) is 0 Å². The van der Waals surface area contributed by atoms with Crippen molar-refractivity contribution in [1.29, 1.82) is 0 Å². The fourth-order valence-electron chi connectivity index (χ4n) is 6.25. The van der Waals surface area contributed by atoms with Crippen molar-refractivity contribution in [2.45, 2.75) is 69.1 Å². The van der Waals surface area contributed by atoms with Gasteiger partial charge in [0.2, 0.25) is 17.7 Å². The highest BCUT2D eigenvalue weighted by molar-refractivity contribution is 5.94. The van der Waals surface area contributed by atoms with Gasteiger partial charge in [-0.25, -0.2) is 4.79 Å². The van der Waals surface area contributed by atoms with E-state index in [1.165, 1.54) is 9.80 Å². The van der Waals surface area contributed by atoms with Crippen LogP contribution in [0, 0.1) is 0 Å². The first-order chi connectivity index (χ1) is 20.3. The Morgan fingerprint density at radius 1 is 0.810 bits per heavy atom. The summed E-state index contributed by atoms with van der Waals surface area (Å²) in [4.78, 5) is 55.5. The number of carbonyl (C=O) groups is 4. The lowest BCUT2D eigenvalue weighted by Gasteiger charge is -2.32. The van der Waals surface area contributed by atoms with Crippen molar-refractivity contribution in [2.75, 3.05) is 13.1 Å². The maximum Gasteiger partial charge on any atom is 0.326 e. The van der Waals surface area contributed by atoms with Gasteiger partial charge in [0, 0.05) is 32.0 Å². The molecule has 2 saturated heterocycles. The number of hydrogen-bond donors (Lipinski definition) is 3. The molecule has 0 saturated carbocycles. The zero-order valence-electron chi connectivity index (χ0n) is 23.7. The number of rotatable bonds is 10. The number of carboxylic acids is 1. The molecule has 4 N–H and O–H groups in total. The van der Waals surface area contributed by atoms with Crippen LogP contribution in [-0.4, -0.2) is 75.9 Å². The summed E-state index contributed by atoms with van der Waals surface area (Å²) in [7, 11) is 0. The highest BCUT2D eigenvalue weighted by Gasteiger charge is 2.43. The fourth-order valence-corrected chi connectivity index (χ4v) is 6.25. The fraction of sp³-hybridized carbons (Fsp3) is 0.394. The lowest BCUT2D eigenvalue weighted by molar-refractivity contribution is -0.152. The number of nitrogens with one attached hydrogen (secondary N) is 1. The van der Waals surface area contributed by atoms with E-state index < -0.39 is 30.1 Å². The number of likely N-dealkylation sites (tertiary alicyclic amines) is 2. The van der Waals surface area contributed by atoms with Crippen molar-refractivity contribution in [2.24, 2.45) is 5.73 Å². The molecule has 4 unspecified atom stereocenters. The maximum atomic E-state index is 14.1. The van der Waals surface area contributed by atoms with Gasteiger partial charge in [-0.3, -0.25) is 14.4 Å². The molecule has 2 aliphatic rings. The second-order valence-electron chi connectivity index (χ2n) is 11.4. The van der Waals surface area contributed by atoms with Crippen LogP contribution in [0.3, 0.4) is 0 Å². The van der Waals surface area contributed by atoms with E-state index in [0.717, 1.165) is 21.9 Å². The van der Waals surface area contributed by atoms with Crippen LogP contribution in [0.4, 0.5) is 0 Å². The summed E-state index contributed by atoms with van der Waals surface area (Å²) in [6, 6.07) is 20.7. The molecular formula is C33H38N4O5. The molecule has 9 nitrogen and oxygen atoms in total. The molecule has 4 atom stereocenters. The molecule has 0 aliphatic carbocycles. The van der Waals surface area contributed by atoms with Crippen LogP contribution in [0.15, 0.2) is 72.8 Å². The largest absolute Gasteiger partial charge is 0.480 e. The summed E-state index contributed by atoms with van der Waals surface area (Å²) in [5, 5.41) is 14.6. The Labute approximate surface area is 245 Å². The van der Waals surface area contributed by atoms with Gasteiger partial charge in [-0.1, -0.05) is 72.8 Å². The van der Waals surface area contributed by atoms with Crippen LogP contribution < -0.4 is 11.1 Å². The number of aliphatic carboxylic acids is 1. The molecule has 9 heteroatoms. The Hall–Kier alpha value is -4.24. The number of nitrogens with zero attached hydrogens (tertiary/aromatic N) is 2. The van der Waals surface area contributed by atoms with Crippen molar-refractivity contribution in [1.82, 2.24) is 15.1 Å². The molecule has 2 heterocycles. The molecule has 2 aliphatic heterocycles. The number of carbonyl (C=O) groups excluding carboxylic acids is 3. The first kappa shape index (κ1) is 29.3. The Bertz CT molecular complexity index is 1440. The van der Waals surface area contributed by atoms with Gasteiger partial charge >= 0.3 is 5.97 Å². The summed E-state index contributed by atoms with van der Waals surface area (Å²) in [5.74, 6) is -2.02. The second-order valence-corrected chi connectivity index (χ2v) is 11.4. The highest BCUT2D eigenvalue weighted by atomic mass is 16.4. The van der Waals surface area contributed by atoms with E-state index in [4.69, 9.17) is 5.73 Å². The molecule has 3 amide bonds. The average molecular weight is 571 g/mol. The van der Waals surface area contributed by atoms with E-state index in [0.29, 0.717) is 45.2 Å². The zero-order chi connectivity index (χ0) is 29.6. The molecule has 0 aromatic heterocycles. The van der Waals surface area contributed by atoms with Gasteiger partial charge in [-0.15, -0.1) is 0 Å². The third kappa shape index (κ3) is 6.79. The third-order valence-electron chi connectivity index (χ3n) is 8.32. The van der Waals surface area contributed by atoms with E-state index >= 15 is 0 Å². The quantitative estimate of drug-likeness (QED) is 0.343. The maximum absolute atomic E-state index is 14.1. The molecule has 5 rings (SSSR count). The van der Waals surface area contributed by atoms with Gasteiger partial charge in [0.1, 0.15) is 18.1 Å². The standard InChI is InChI=1S/C33H38N4O5/c34-26(19-22-8-2-1-3-9-22)21-30(38)35-27(20-23-14-15-24-10-4-5-11-25(24)18-23)31(39)36-16-6-12-28(36)32(40)37-17-7-13-29(37)33(41)42/h1-5,8-11,14-15,18,26-29H,6-7,12-13,16-17,19-21,34H2,(H,35,38)(H,41,42). The van der Waals surface area contributed by atoms with E-state index in [1.807, 2.05) is 72.8 Å². The summed E-state index contributed by atoms with van der Waals surface area (Å²) in [6.45, 7) is 0.739. The molecule has 0 radical (unpaired) electrons. The van der Waals surface area contributed by atoms with Gasteiger partial charge in [-0.2, -0.15) is 0 Å². The first-order valence-electron chi connectivity index (χ1n) is 14.7. The molecule has 2 fully saturated rings. The second kappa shape index (κ2) is 13.2. The minimum absolute atomic E-state index is 0.0484. The van der Waals surface area contributed by atoms with Crippen LogP contribution in [0.5, 0.6) is 0 Å². The molecule has 3 aromatic carbocycles. The minimum Gasteiger partial charge on any atom is -0.480 e.